The molecule has 0 N–H and O–H groups in total. The highest BCUT2D eigenvalue weighted by atomic mass is 79.9. The molecule has 86 valence electrons. The fraction of sp³-hybridized carbons (Fsp3) is 0.556. The number of likely N-dealkylation sites (N-methyl/N-ethyl adjacent to an activating group) is 1. The third-order valence-electron chi connectivity index (χ3n) is 1.82. The maximum absolute atomic E-state index is 12.0. The van der Waals surface area contributed by atoms with E-state index in [1.165, 1.54) is 11.9 Å². The maximum atomic E-state index is 12.0. The molecule has 0 fully saturated rings. The van der Waals surface area contributed by atoms with Gasteiger partial charge in [0.05, 0.1) is 10.3 Å². The van der Waals surface area contributed by atoms with Crippen LogP contribution >= 0.6 is 27.3 Å². The van der Waals surface area contributed by atoms with Crippen molar-refractivity contribution in [1.29, 1.82) is 0 Å². The molecule has 0 spiro atoms. The smallest absolute Gasteiger partial charge is 0.298 e. The predicted molar refractivity (Wildman–Crippen MR) is 59.3 cm³/mol. The van der Waals surface area contributed by atoms with Crippen LogP contribution in [0.1, 0.15) is 4.88 Å². The molecule has 1 aromatic rings. The first kappa shape index (κ1) is 13.0. The summed E-state index contributed by atoms with van der Waals surface area (Å²) in [5.41, 5.74) is 0. The largest absolute Gasteiger partial charge is 0.401 e. The van der Waals surface area contributed by atoms with Crippen LogP contribution in [0.3, 0.4) is 0 Å². The van der Waals surface area contributed by atoms with E-state index in [2.05, 4.69) is 15.9 Å². The van der Waals surface area contributed by atoms with E-state index in [0.717, 1.165) is 8.66 Å². The summed E-state index contributed by atoms with van der Waals surface area (Å²) in [5.74, 6) is 0. The molecule has 0 aromatic carbocycles. The monoisotopic (exact) mass is 301 g/mol. The third-order valence-corrected chi connectivity index (χ3v) is 3.50. The van der Waals surface area contributed by atoms with Gasteiger partial charge < -0.3 is 0 Å². The number of hydrogen-bond acceptors (Lipinski definition) is 2. The number of thiophene rings is 1. The Labute approximate surface area is 99.0 Å². The topological polar surface area (TPSA) is 3.24 Å². The first-order valence-corrected chi connectivity index (χ1v) is 5.97. The lowest BCUT2D eigenvalue weighted by Crippen LogP contribution is -2.32. The zero-order chi connectivity index (χ0) is 11.5. The molecule has 0 unspecified atom stereocenters. The highest BCUT2D eigenvalue weighted by molar-refractivity contribution is 9.11. The second-order valence-corrected chi connectivity index (χ2v) is 5.86. The van der Waals surface area contributed by atoms with Gasteiger partial charge in [-0.15, -0.1) is 11.3 Å². The minimum Gasteiger partial charge on any atom is -0.298 e. The summed E-state index contributed by atoms with van der Waals surface area (Å²) in [6, 6.07) is 3.83. The van der Waals surface area contributed by atoms with E-state index in [4.69, 9.17) is 0 Å². The molecule has 0 atom stereocenters. The van der Waals surface area contributed by atoms with E-state index in [0.29, 0.717) is 13.0 Å². The molecular weight excluding hydrogens is 291 g/mol. The van der Waals surface area contributed by atoms with Crippen molar-refractivity contribution < 1.29 is 13.2 Å². The molecule has 1 nitrogen and oxygen atoms in total. The van der Waals surface area contributed by atoms with Gasteiger partial charge in [-0.1, -0.05) is 0 Å². The van der Waals surface area contributed by atoms with Crippen molar-refractivity contribution in [2.75, 3.05) is 20.1 Å². The van der Waals surface area contributed by atoms with Gasteiger partial charge in [0.15, 0.2) is 0 Å². The van der Waals surface area contributed by atoms with Crippen molar-refractivity contribution in [3.8, 4) is 0 Å². The van der Waals surface area contributed by atoms with Crippen LogP contribution in [0.4, 0.5) is 13.2 Å². The fourth-order valence-electron chi connectivity index (χ4n) is 1.17. The van der Waals surface area contributed by atoms with Gasteiger partial charge in [-0.3, -0.25) is 4.90 Å². The molecule has 1 aromatic heterocycles. The Balaban J connectivity index is 2.31. The van der Waals surface area contributed by atoms with E-state index in [-0.39, 0.29) is 0 Å². The first-order valence-electron chi connectivity index (χ1n) is 4.36. The van der Waals surface area contributed by atoms with E-state index in [9.17, 15) is 13.2 Å². The van der Waals surface area contributed by atoms with Crippen molar-refractivity contribution >= 4 is 27.3 Å². The average Bonchev–Trinajstić information content (AvgIpc) is 2.45. The zero-order valence-electron chi connectivity index (χ0n) is 8.14. The molecule has 0 bridgehead atoms. The molecule has 0 aliphatic rings. The number of hydrogen-bond donors (Lipinski definition) is 0. The molecule has 0 aliphatic heterocycles. The van der Waals surface area contributed by atoms with Crippen molar-refractivity contribution in [1.82, 2.24) is 4.90 Å². The van der Waals surface area contributed by atoms with Crippen molar-refractivity contribution in [2.45, 2.75) is 12.6 Å². The van der Waals surface area contributed by atoms with Gasteiger partial charge in [0.25, 0.3) is 0 Å². The SMILES string of the molecule is CN(CCc1ccc(Br)s1)CC(F)(F)F. The van der Waals surface area contributed by atoms with Crippen LogP contribution in [0, 0.1) is 0 Å². The highest BCUT2D eigenvalue weighted by Gasteiger charge is 2.28. The summed E-state index contributed by atoms with van der Waals surface area (Å²) in [6.45, 7) is -0.425. The molecule has 1 heterocycles. The van der Waals surface area contributed by atoms with Crippen LogP contribution in [0.25, 0.3) is 0 Å². The van der Waals surface area contributed by atoms with Crippen molar-refractivity contribution in [3.05, 3.63) is 20.8 Å². The molecule has 15 heavy (non-hydrogen) atoms. The number of nitrogens with zero attached hydrogens (tertiary/aromatic N) is 1. The van der Waals surface area contributed by atoms with Crippen molar-refractivity contribution in [2.24, 2.45) is 0 Å². The van der Waals surface area contributed by atoms with Gasteiger partial charge in [-0.2, -0.15) is 13.2 Å². The Kier molecular flexibility index (Phi) is 4.61. The Bertz CT molecular complexity index is 311. The van der Waals surface area contributed by atoms with Gasteiger partial charge in [-0.25, -0.2) is 0 Å². The van der Waals surface area contributed by atoms with Gasteiger partial charge in [0, 0.05) is 11.4 Å². The molecule has 0 saturated carbocycles. The Hall–Kier alpha value is -0.0700. The summed E-state index contributed by atoms with van der Waals surface area (Å²) in [5, 5.41) is 0. The Morgan fingerprint density at radius 2 is 2.07 bits per heavy atom. The minimum absolute atomic E-state index is 0.423. The van der Waals surface area contributed by atoms with Crippen LogP contribution < -0.4 is 0 Å². The number of rotatable bonds is 4. The lowest BCUT2D eigenvalue weighted by Gasteiger charge is -2.17. The molecule has 0 aliphatic carbocycles. The molecule has 0 radical (unpaired) electrons. The summed E-state index contributed by atoms with van der Waals surface area (Å²) in [7, 11) is 1.48. The van der Waals surface area contributed by atoms with Crippen LogP contribution in [0.5, 0.6) is 0 Å². The summed E-state index contributed by atoms with van der Waals surface area (Å²) < 4.78 is 37.0. The standard InChI is InChI=1S/C9H11BrF3NS/c1-14(6-9(11,12)13)5-4-7-2-3-8(10)15-7/h2-3H,4-6H2,1H3. The Morgan fingerprint density at radius 3 is 2.53 bits per heavy atom. The quantitative estimate of drug-likeness (QED) is 0.822. The van der Waals surface area contributed by atoms with Crippen LogP contribution in [-0.2, 0) is 6.42 Å². The van der Waals surface area contributed by atoms with Gasteiger partial charge in [-0.05, 0) is 41.5 Å². The maximum Gasteiger partial charge on any atom is 0.401 e. The number of halogens is 4. The molecular formula is C9H11BrF3NS. The fourth-order valence-corrected chi connectivity index (χ4v) is 2.64. The second kappa shape index (κ2) is 5.32. The molecule has 0 amide bonds. The summed E-state index contributed by atoms with van der Waals surface area (Å²) in [6.07, 6.45) is -3.45. The Morgan fingerprint density at radius 1 is 1.40 bits per heavy atom. The normalized spacial score (nSPS) is 12.4. The third kappa shape index (κ3) is 5.53. The lowest BCUT2D eigenvalue weighted by atomic mass is 10.3. The number of alkyl halides is 3. The van der Waals surface area contributed by atoms with E-state index >= 15 is 0 Å². The van der Waals surface area contributed by atoms with Gasteiger partial charge >= 0.3 is 6.18 Å². The van der Waals surface area contributed by atoms with Crippen LogP contribution in [-0.4, -0.2) is 31.2 Å². The van der Waals surface area contributed by atoms with Crippen LogP contribution in [0.2, 0.25) is 0 Å². The summed E-state index contributed by atoms with van der Waals surface area (Å²) >= 11 is 4.87. The minimum atomic E-state index is -4.11. The summed E-state index contributed by atoms with van der Waals surface area (Å²) in [4.78, 5) is 2.38. The predicted octanol–water partition coefficient (Wildman–Crippen LogP) is 3.55. The van der Waals surface area contributed by atoms with E-state index in [1.807, 2.05) is 12.1 Å². The molecule has 0 saturated heterocycles. The van der Waals surface area contributed by atoms with E-state index < -0.39 is 12.7 Å². The van der Waals surface area contributed by atoms with Crippen LogP contribution in [0.15, 0.2) is 15.9 Å². The lowest BCUT2D eigenvalue weighted by molar-refractivity contribution is -0.142. The van der Waals surface area contributed by atoms with Crippen molar-refractivity contribution in [3.63, 3.8) is 0 Å². The average molecular weight is 302 g/mol. The second-order valence-electron chi connectivity index (χ2n) is 3.31. The van der Waals surface area contributed by atoms with E-state index in [1.54, 1.807) is 11.3 Å². The first-order chi connectivity index (χ1) is 6.87. The van der Waals surface area contributed by atoms with Gasteiger partial charge in [0.2, 0.25) is 0 Å². The van der Waals surface area contributed by atoms with Gasteiger partial charge in [0.1, 0.15) is 0 Å². The molecule has 1 rings (SSSR count). The zero-order valence-corrected chi connectivity index (χ0v) is 10.5. The highest BCUT2D eigenvalue weighted by Crippen LogP contribution is 2.23. The molecule has 6 heteroatoms.